The Morgan fingerprint density at radius 3 is 3.06 bits per heavy atom. The highest BCUT2D eigenvalue weighted by Gasteiger charge is 2.07. The Morgan fingerprint density at radius 1 is 1.56 bits per heavy atom. The number of anilines is 1. The molecule has 18 heavy (non-hydrogen) atoms. The summed E-state index contributed by atoms with van der Waals surface area (Å²) >= 11 is 0. The summed E-state index contributed by atoms with van der Waals surface area (Å²) in [6, 6.07) is 1.76. The van der Waals surface area contributed by atoms with Gasteiger partial charge in [-0.1, -0.05) is 5.21 Å². The van der Waals surface area contributed by atoms with Crippen LogP contribution in [0.1, 0.15) is 16.3 Å². The third-order valence-electron chi connectivity index (χ3n) is 2.18. The third-order valence-corrected chi connectivity index (χ3v) is 2.18. The molecule has 0 spiro atoms. The van der Waals surface area contributed by atoms with Crippen LogP contribution in [0.25, 0.3) is 0 Å². The average Bonchev–Trinajstić information content (AvgIpc) is 2.78. The maximum Gasteiger partial charge on any atom is 0.358 e. The third kappa shape index (κ3) is 3.00. The molecule has 0 aliphatic heterocycles. The fourth-order valence-electron chi connectivity index (χ4n) is 1.36. The quantitative estimate of drug-likeness (QED) is 0.777. The Kier molecular flexibility index (Phi) is 3.46. The van der Waals surface area contributed by atoms with Gasteiger partial charge in [0.15, 0.2) is 5.69 Å². The molecule has 8 nitrogen and oxygen atoms in total. The number of hydrogen-bond donors (Lipinski definition) is 2. The lowest BCUT2D eigenvalue weighted by atomic mass is 10.5. The molecule has 0 aliphatic rings. The van der Waals surface area contributed by atoms with Crippen LogP contribution in [0.2, 0.25) is 0 Å². The van der Waals surface area contributed by atoms with Gasteiger partial charge >= 0.3 is 5.97 Å². The van der Waals surface area contributed by atoms with E-state index in [4.69, 9.17) is 5.11 Å². The first-order valence-electron chi connectivity index (χ1n) is 5.32. The number of aromatic carboxylic acids is 1. The lowest BCUT2D eigenvalue weighted by Crippen LogP contribution is -2.12. The van der Waals surface area contributed by atoms with Crippen molar-refractivity contribution < 1.29 is 9.90 Å². The van der Waals surface area contributed by atoms with Gasteiger partial charge in [-0.05, 0) is 13.0 Å². The molecule has 0 radical (unpaired) electrons. The van der Waals surface area contributed by atoms with E-state index < -0.39 is 5.97 Å². The van der Waals surface area contributed by atoms with Crippen molar-refractivity contribution in [1.82, 2.24) is 25.0 Å². The van der Waals surface area contributed by atoms with Gasteiger partial charge in [-0.3, -0.25) is 0 Å². The van der Waals surface area contributed by atoms with Gasteiger partial charge in [-0.15, -0.1) is 5.10 Å². The molecule has 0 saturated heterocycles. The zero-order chi connectivity index (χ0) is 13.0. The van der Waals surface area contributed by atoms with E-state index in [0.717, 1.165) is 5.82 Å². The first-order valence-corrected chi connectivity index (χ1v) is 5.32. The largest absolute Gasteiger partial charge is 0.476 e. The highest BCUT2D eigenvalue weighted by atomic mass is 16.4. The van der Waals surface area contributed by atoms with Crippen LogP contribution in [-0.4, -0.2) is 42.6 Å². The highest BCUT2D eigenvalue weighted by molar-refractivity contribution is 5.84. The fourth-order valence-corrected chi connectivity index (χ4v) is 1.36. The second-order valence-corrected chi connectivity index (χ2v) is 3.59. The number of nitrogens with zero attached hydrogens (tertiary/aromatic N) is 5. The molecule has 2 aromatic heterocycles. The highest BCUT2D eigenvalue weighted by Crippen LogP contribution is 2.00. The van der Waals surface area contributed by atoms with Crippen molar-refractivity contribution in [3.8, 4) is 0 Å². The van der Waals surface area contributed by atoms with E-state index in [1.165, 1.54) is 10.9 Å². The molecular weight excluding hydrogens is 236 g/mol. The summed E-state index contributed by atoms with van der Waals surface area (Å²) in [7, 11) is 0. The van der Waals surface area contributed by atoms with Gasteiger partial charge in [0.2, 0.25) is 0 Å². The zero-order valence-corrected chi connectivity index (χ0v) is 9.74. The molecule has 2 rings (SSSR count). The summed E-state index contributed by atoms with van der Waals surface area (Å²) in [6.45, 7) is 2.88. The summed E-state index contributed by atoms with van der Waals surface area (Å²) in [5, 5.41) is 19.0. The van der Waals surface area contributed by atoms with E-state index >= 15 is 0 Å². The smallest absolute Gasteiger partial charge is 0.358 e. The standard InChI is InChI=1S/C10H12N6O2/c1-7-11-3-2-9(13-7)12-4-5-16-6-8(10(17)18)14-15-16/h2-3,6H,4-5H2,1H3,(H,17,18)(H,11,12,13). The van der Waals surface area contributed by atoms with Crippen LogP contribution in [0.15, 0.2) is 18.5 Å². The Hall–Kier alpha value is -2.51. The molecular formula is C10H12N6O2. The van der Waals surface area contributed by atoms with E-state index in [2.05, 4.69) is 25.6 Å². The molecule has 0 saturated carbocycles. The predicted molar refractivity (Wildman–Crippen MR) is 62.2 cm³/mol. The van der Waals surface area contributed by atoms with Gasteiger partial charge in [0.25, 0.3) is 0 Å². The predicted octanol–water partition coefficient (Wildman–Crippen LogP) is 0.187. The molecule has 0 fully saturated rings. The van der Waals surface area contributed by atoms with Gasteiger partial charge in [-0.2, -0.15) is 0 Å². The summed E-state index contributed by atoms with van der Waals surface area (Å²) in [4.78, 5) is 18.8. The number of carboxylic acids is 1. The molecule has 0 aromatic carbocycles. The second kappa shape index (κ2) is 5.21. The van der Waals surface area contributed by atoms with Crippen LogP contribution in [0, 0.1) is 6.92 Å². The molecule has 2 N–H and O–H groups in total. The molecule has 0 aliphatic carbocycles. The Labute approximate surface area is 103 Å². The second-order valence-electron chi connectivity index (χ2n) is 3.59. The van der Waals surface area contributed by atoms with E-state index in [-0.39, 0.29) is 5.69 Å². The van der Waals surface area contributed by atoms with Crippen molar-refractivity contribution in [3.05, 3.63) is 30.0 Å². The lowest BCUT2D eigenvalue weighted by molar-refractivity contribution is 0.0690. The van der Waals surface area contributed by atoms with Gasteiger partial charge in [0.1, 0.15) is 11.6 Å². The first kappa shape index (κ1) is 12.0. The minimum absolute atomic E-state index is 0.0621. The molecule has 2 heterocycles. The zero-order valence-electron chi connectivity index (χ0n) is 9.74. The number of hydrogen-bond acceptors (Lipinski definition) is 6. The number of aromatic nitrogens is 5. The molecule has 0 unspecified atom stereocenters. The van der Waals surface area contributed by atoms with Crippen LogP contribution in [0.3, 0.4) is 0 Å². The fraction of sp³-hybridized carbons (Fsp3) is 0.300. The molecule has 0 bridgehead atoms. The Balaban J connectivity index is 1.86. The monoisotopic (exact) mass is 248 g/mol. The van der Waals surface area contributed by atoms with Crippen molar-refractivity contribution in [3.63, 3.8) is 0 Å². The van der Waals surface area contributed by atoms with Gasteiger partial charge in [-0.25, -0.2) is 19.4 Å². The number of nitrogens with one attached hydrogen (secondary N) is 1. The topological polar surface area (TPSA) is 106 Å². The molecule has 2 aromatic rings. The number of carboxylic acid groups (broad SMARTS) is 1. The minimum atomic E-state index is -1.08. The lowest BCUT2D eigenvalue weighted by Gasteiger charge is -2.05. The van der Waals surface area contributed by atoms with Crippen molar-refractivity contribution in [2.24, 2.45) is 0 Å². The molecule has 0 atom stereocenters. The summed E-state index contributed by atoms with van der Waals surface area (Å²) in [5.41, 5.74) is -0.0621. The first-order chi connectivity index (χ1) is 8.65. The van der Waals surface area contributed by atoms with E-state index in [1.807, 2.05) is 6.92 Å². The maximum absolute atomic E-state index is 10.6. The van der Waals surface area contributed by atoms with Gasteiger partial charge in [0, 0.05) is 12.7 Å². The number of carbonyl (C=O) groups is 1. The van der Waals surface area contributed by atoms with E-state index in [9.17, 15) is 4.79 Å². The van der Waals surface area contributed by atoms with Gasteiger partial charge in [0.05, 0.1) is 12.7 Å². The number of aryl methyl sites for hydroxylation is 1. The van der Waals surface area contributed by atoms with Crippen LogP contribution >= 0.6 is 0 Å². The van der Waals surface area contributed by atoms with Crippen LogP contribution in [-0.2, 0) is 6.54 Å². The van der Waals surface area contributed by atoms with Crippen LogP contribution in [0.5, 0.6) is 0 Å². The minimum Gasteiger partial charge on any atom is -0.476 e. The summed E-state index contributed by atoms with van der Waals surface area (Å²) in [5.74, 6) is 0.329. The average molecular weight is 248 g/mol. The van der Waals surface area contributed by atoms with Gasteiger partial charge < -0.3 is 10.4 Å². The van der Waals surface area contributed by atoms with E-state index in [0.29, 0.717) is 18.9 Å². The number of rotatable bonds is 5. The van der Waals surface area contributed by atoms with E-state index in [1.54, 1.807) is 12.3 Å². The van der Waals surface area contributed by atoms with Crippen molar-refractivity contribution in [1.29, 1.82) is 0 Å². The SMILES string of the molecule is Cc1nccc(NCCn2cc(C(=O)O)nn2)n1. The van der Waals surface area contributed by atoms with Crippen molar-refractivity contribution >= 4 is 11.8 Å². The van der Waals surface area contributed by atoms with Crippen LogP contribution < -0.4 is 5.32 Å². The molecule has 94 valence electrons. The van der Waals surface area contributed by atoms with Crippen LogP contribution in [0.4, 0.5) is 5.82 Å². The normalized spacial score (nSPS) is 10.3. The molecule has 8 heteroatoms. The van der Waals surface area contributed by atoms with Crippen molar-refractivity contribution in [2.45, 2.75) is 13.5 Å². The summed E-state index contributed by atoms with van der Waals surface area (Å²) < 4.78 is 1.46. The Morgan fingerprint density at radius 2 is 2.39 bits per heavy atom. The molecule has 0 amide bonds. The van der Waals surface area contributed by atoms with Crippen molar-refractivity contribution in [2.75, 3.05) is 11.9 Å². The Bertz CT molecular complexity index is 553. The maximum atomic E-state index is 10.6. The summed E-state index contributed by atoms with van der Waals surface area (Å²) in [6.07, 6.45) is 3.05.